The molecule has 4 heteroatoms. The third kappa shape index (κ3) is 3.55. The van der Waals surface area contributed by atoms with Crippen LogP contribution in [-0.2, 0) is 0 Å². The van der Waals surface area contributed by atoms with Gasteiger partial charge in [-0.1, -0.05) is 31.9 Å². The van der Waals surface area contributed by atoms with E-state index in [1.54, 1.807) is 0 Å². The van der Waals surface area contributed by atoms with E-state index >= 15 is 0 Å². The lowest BCUT2D eigenvalue weighted by molar-refractivity contribution is 0.0614. The molecule has 0 saturated carbocycles. The number of halogens is 2. The molecule has 2 rings (SSSR count). The Morgan fingerprint density at radius 3 is 2.90 bits per heavy atom. The van der Waals surface area contributed by atoms with E-state index < -0.39 is 17.7 Å². The first kappa shape index (κ1) is 15.4. The van der Waals surface area contributed by atoms with Crippen molar-refractivity contribution in [3.05, 3.63) is 35.4 Å². The van der Waals surface area contributed by atoms with E-state index in [-0.39, 0.29) is 5.56 Å². The van der Waals surface area contributed by atoms with Gasteiger partial charge in [0, 0.05) is 18.2 Å². The van der Waals surface area contributed by atoms with Crippen molar-refractivity contribution in [2.75, 3.05) is 13.1 Å². The summed E-state index contributed by atoms with van der Waals surface area (Å²) in [5.74, 6) is -1.82. The fourth-order valence-corrected chi connectivity index (χ4v) is 3.06. The molecule has 2 unspecified atom stereocenters. The first-order chi connectivity index (χ1) is 9.63. The smallest absolute Gasteiger partial charge is 0.164 e. The highest BCUT2D eigenvalue weighted by Gasteiger charge is 2.25. The van der Waals surface area contributed by atoms with E-state index in [4.69, 9.17) is 0 Å². The van der Waals surface area contributed by atoms with Gasteiger partial charge in [-0.3, -0.25) is 4.90 Å². The van der Waals surface area contributed by atoms with Gasteiger partial charge < -0.3 is 5.11 Å². The summed E-state index contributed by atoms with van der Waals surface area (Å²) in [6, 6.07) is 4.44. The molecule has 1 aliphatic heterocycles. The van der Waals surface area contributed by atoms with Crippen LogP contribution in [0.15, 0.2) is 18.2 Å². The van der Waals surface area contributed by atoms with E-state index in [1.165, 1.54) is 18.6 Å². The molecular weight excluding hydrogens is 260 g/mol. The predicted molar refractivity (Wildman–Crippen MR) is 75.4 cm³/mol. The molecule has 0 radical (unpaired) electrons. The van der Waals surface area contributed by atoms with E-state index in [9.17, 15) is 13.9 Å². The molecule has 2 atom stereocenters. The minimum absolute atomic E-state index is 0.0609. The molecule has 2 nitrogen and oxygen atoms in total. The molecule has 0 spiro atoms. The summed E-state index contributed by atoms with van der Waals surface area (Å²) < 4.78 is 26.9. The van der Waals surface area contributed by atoms with Crippen molar-refractivity contribution in [1.82, 2.24) is 4.90 Å². The molecule has 1 saturated heterocycles. The van der Waals surface area contributed by atoms with Gasteiger partial charge >= 0.3 is 0 Å². The van der Waals surface area contributed by atoms with E-state index in [1.807, 2.05) is 0 Å². The second kappa shape index (κ2) is 7.14. The average Bonchev–Trinajstić information content (AvgIpc) is 2.44. The van der Waals surface area contributed by atoms with Gasteiger partial charge in [0.1, 0.15) is 0 Å². The molecule has 0 amide bonds. The van der Waals surface area contributed by atoms with Crippen LogP contribution in [0.4, 0.5) is 8.78 Å². The maximum absolute atomic E-state index is 13.7. The number of piperidine rings is 1. The Labute approximate surface area is 119 Å². The van der Waals surface area contributed by atoms with Gasteiger partial charge in [-0.25, -0.2) is 8.78 Å². The first-order valence-corrected chi connectivity index (χ1v) is 7.49. The standard InChI is InChI=1S/C16H23F2NO/c1-2-6-12-7-3-4-10-19(12)11-15(20)13-8-5-9-14(17)16(13)18/h5,8-9,12,15,20H,2-4,6-7,10-11H2,1H3. The molecule has 1 N–H and O–H groups in total. The number of hydrogen-bond donors (Lipinski definition) is 1. The Bertz CT molecular complexity index is 436. The minimum Gasteiger partial charge on any atom is -0.387 e. The van der Waals surface area contributed by atoms with E-state index in [0.717, 1.165) is 38.3 Å². The lowest BCUT2D eigenvalue weighted by Gasteiger charge is -2.37. The fraction of sp³-hybridized carbons (Fsp3) is 0.625. The number of β-amino-alcohol motifs (C(OH)–C–C–N with tert-alkyl or cyclic N) is 1. The molecule has 1 aromatic rings. The second-order valence-electron chi connectivity index (χ2n) is 5.59. The minimum atomic E-state index is -0.969. The number of aliphatic hydroxyl groups excluding tert-OH is 1. The number of nitrogens with zero attached hydrogens (tertiary/aromatic N) is 1. The van der Waals surface area contributed by atoms with Crippen LogP contribution in [0.2, 0.25) is 0 Å². The maximum Gasteiger partial charge on any atom is 0.164 e. The first-order valence-electron chi connectivity index (χ1n) is 7.49. The van der Waals surface area contributed by atoms with Crippen LogP contribution < -0.4 is 0 Å². The van der Waals surface area contributed by atoms with Gasteiger partial charge in [0.25, 0.3) is 0 Å². The van der Waals surface area contributed by atoms with Crippen LogP contribution in [0.3, 0.4) is 0 Å². The van der Waals surface area contributed by atoms with Crippen molar-refractivity contribution in [2.45, 2.75) is 51.2 Å². The van der Waals surface area contributed by atoms with Crippen molar-refractivity contribution in [3.63, 3.8) is 0 Å². The highest BCUT2D eigenvalue weighted by molar-refractivity contribution is 5.21. The number of likely N-dealkylation sites (tertiary alicyclic amines) is 1. The van der Waals surface area contributed by atoms with Crippen molar-refractivity contribution < 1.29 is 13.9 Å². The third-order valence-corrected chi connectivity index (χ3v) is 4.12. The molecule has 1 fully saturated rings. The highest BCUT2D eigenvalue weighted by Crippen LogP contribution is 2.25. The van der Waals surface area contributed by atoms with Gasteiger partial charge in [-0.05, 0) is 31.9 Å². The van der Waals surface area contributed by atoms with Crippen LogP contribution in [0.5, 0.6) is 0 Å². The molecule has 0 bridgehead atoms. The molecule has 1 aromatic carbocycles. The normalized spacial score (nSPS) is 21.9. The SMILES string of the molecule is CCCC1CCCCN1CC(O)c1cccc(F)c1F. The van der Waals surface area contributed by atoms with Crippen molar-refractivity contribution >= 4 is 0 Å². The molecule has 112 valence electrons. The van der Waals surface area contributed by atoms with Crippen LogP contribution in [0, 0.1) is 11.6 Å². The Morgan fingerprint density at radius 2 is 2.15 bits per heavy atom. The van der Waals surface area contributed by atoms with E-state index in [2.05, 4.69) is 11.8 Å². The number of aliphatic hydroxyl groups is 1. The van der Waals surface area contributed by atoms with Gasteiger partial charge in [0.15, 0.2) is 11.6 Å². The highest BCUT2D eigenvalue weighted by atomic mass is 19.2. The summed E-state index contributed by atoms with van der Waals surface area (Å²) in [4.78, 5) is 2.22. The van der Waals surface area contributed by atoms with Gasteiger partial charge in [-0.15, -0.1) is 0 Å². The zero-order valence-corrected chi connectivity index (χ0v) is 12.0. The zero-order chi connectivity index (χ0) is 14.5. The molecule has 0 aromatic heterocycles. The summed E-state index contributed by atoms with van der Waals surface area (Å²) in [5.41, 5.74) is 0.0609. The summed E-state index contributed by atoms with van der Waals surface area (Å²) in [6.45, 7) is 3.46. The van der Waals surface area contributed by atoms with Crippen LogP contribution >= 0.6 is 0 Å². The zero-order valence-electron chi connectivity index (χ0n) is 12.0. The Balaban J connectivity index is 2.05. The van der Waals surface area contributed by atoms with Crippen molar-refractivity contribution in [1.29, 1.82) is 0 Å². The Morgan fingerprint density at radius 1 is 1.35 bits per heavy atom. The molecule has 20 heavy (non-hydrogen) atoms. The monoisotopic (exact) mass is 283 g/mol. The number of benzene rings is 1. The third-order valence-electron chi connectivity index (χ3n) is 4.12. The van der Waals surface area contributed by atoms with Crippen LogP contribution in [0.25, 0.3) is 0 Å². The molecule has 1 heterocycles. The van der Waals surface area contributed by atoms with Crippen LogP contribution in [-0.4, -0.2) is 29.1 Å². The predicted octanol–water partition coefficient (Wildman–Crippen LogP) is 3.65. The summed E-state index contributed by atoms with van der Waals surface area (Å²) >= 11 is 0. The van der Waals surface area contributed by atoms with Crippen molar-refractivity contribution in [2.24, 2.45) is 0 Å². The Kier molecular flexibility index (Phi) is 5.49. The van der Waals surface area contributed by atoms with Gasteiger partial charge in [0.05, 0.1) is 6.10 Å². The summed E-state index contributed by atoms with van der Waals surface area (Å²) in [5, 5.41) is 10.2. The maximum atomic E-state index is 13.7. The van der Waals surface area contributed by atoms with Crippen LogP contribution in [0.1, 0.15) is 50.7 Å². The summed E-state index contributed by atoms with van der Waals surface area (Å²) in [6.07, 6.45) is 4.68. The average molecular weight is 283 g/mol. The quantitative estimate of drug-likeness (QED) is 0.891. The molecule has 0 aliphatic carbocycles. The second-order valence-corrected chi connectivity index (χ2v) is 5.59. The van der Waals surface area contributed by atoms with Gasteiger partial charge in [-0.2, -0.15) is 0 Å². The lowest BCUT2D eigenvalue weighted by Crippen LogP contribution is -2.41. The molecule has 1 aliphatic rings. The molecular formula is C16H23F2NO. The summed E-state index contributed by atoms with van der Waals surface area (Å²) in [7, 11) is 0. The van der Waals surface area contributed by atoms with E-state index in [0.29, 0.717) is 12.6 Å². The lowest BCUT2D eigenvalue weighted by atomic mass is 9.97. The number of rotatable bonds is 5. The Hall–Kier alpha value is -1.00. The van der Waals surface area contributed by atoms with Crippen molar-refractivity contribution in [3.8, 4) is 0 Å². The fourth-order valence-electron chi connectivity index (χ4n) is 3.06. The largest absolute Gasteiger partial charge is 0.387 e. The number of hydrogen-bond acceptors (Lipinski definition) is 2. The van der Waals surface area contributed by atoms with Gasteiger partial charge in [0.2, 0.25) is 0 Å². The topological polar surface area (TPSA) is 23.5 Å².